The monoisotopic (exact) mass is 469 g/mol. The topological polar surface area (TPSA) is 55.4 Å². The van der Waals surface area contributed by atoms with E-state index in [2.05, 4.69) is 16.7 Å². The van der Waals surface area contributed by atoms with Crippen LogP contribution < -0.4 is 0 Å². The molecule has 0 spiro atoms. The van der Waals surface area contributed by atoms with Gasteiger partial charge >= 0.3 is 0 Å². The van der Waals surface area contributed by atoms with Crippen LogP contribution in [0, 0.1) is 43.3 Å². The smallest absolute Gasteiger partial charge is 0.255 e. The highest BCUT2D eigenvalue weighted by Gasteiger charge is 2.61. The summed E-state index contributed by atoms with van der Waals surface area (Å²) in [5, 5.41) is 5.92. The van der Waals surface area contributed by atoms with Gasteiger partial charge in [0.2, 0.25) is 0 Å². The molecule has 8 rings (SSSR count). The van der Waals surface area contributed by atoms with Gasteiger partial charge in [0.05, 0.1) is 11.3 Å². The highest BCUT2D eigenvalue weighted by molar-refractivity contribution is 5.95. The Labute approximate surface area is 202 Å². The summed E-state index contributed by atoms with van der Waals surface area (Å²) in [6.07, 6.45) is 6.55. The molecule has 4 aliphatic rings. The Hall–Kier alpha value is -3.22. The second-order valence-electron chi connectivity index (χ2n) is 11.4. The number of hydrogen-bond acceptors (Lipinski definition) is 3. The number of carbonyl (C=O) groups is 1. The number of fused-ring (bicyclic) bond motifs is 2. The average Bonchev–Trinajstić information content (AvgIpc) is 3.48. The molecule has 1 saturated heterocycles. The molecule has 3 aliphatic carbocycles. The van der Waals surface area contributed by atoms with E-state index in [4.69, 9.17) is 10.1 Å². The van der Waals surface area contributed by atoms with Gasteiger partial charge in [-0.15, -0.1) is 0 Å². The van der Waals surface area contributed by atoms with Crippen LogP contribution in [0.3, 0.4) is 0 Å². The summed E-state index contributed by atoms with van der Waals surface area (Å²) >= 11 is 0. The number of carbonyl (C=O) groups excluding carboxylic acids is 1. The van der Waals surface area contributed by atoms with Crippen LogP contribution in [0.15, 0.2) is 30.5 Å². The van der Waals surface area contributed by atoms with E-state index in [1.54, 1.807) is 10.7 Å². The van der Waals surface area contributed by atoms with E-state index < -0.39 is 0 Å². The fourth-order valence-corrected chi connectivity index (χ4v) is 7.16. The van der Waals surface area contributed by atoms with E-state index in [9.17, 15) is 4.79 Å². The lowest BCUT2D eigenvalue weighted by atomic mass is 9.53. The zero-order chi connectivity index (χ0) is 23.6. The summed E-state index contributed by atoms with van der Waals surface area (Å²) in [5.41, 5.74) is 5.29. The molecule has 6 nitrogen and oxygen atoms in total. The highest BCUT2D eigenvalue weighted by Crippen LogP contribution is 2.60. The summed E-state index contributed by atoms with van der Waals surface area (Å²) in [6, 6.07) is 8.01. The van der Waals surface area contributed by atoms with Crippen LogP contribution in [0.1, 0.15) is 47.3 Å². The Morgan fingerprint density at radius 3 is 2.77 bits per heavy atom. The lowest BCUT2D eigenvalue weighted by molar-refractivity contribution is -0.0204. The zero-order valence-corrected chi connectivity index (χ0v) is 20.0. The van der Waals surface area contributed by atoms with Crippen LogP contribution in [-0.4, -0.2) is 42.6 Å². The second-order valence-corrected chi connectivity index (χ2v) is 11.4. The van der Waals surface area contributed by atoms with E-state index in [0.717, 1.165) is 59.1 Å². The number of amides is 1. The highest BCUT2D eigenvalue weighted by atomic mass is 19.1. The minimum atomic E-state index is -0.389. The average molecular weight is 470 g/mol. The second kappa shape index (κ2) is 6.71. The summed E-state index contributed by atoms with van der Waals surface area (Å²) in [7, 11) is 0. The number of pyridine rings is 2. The van der Waals surface area contributed by atoms with Gasteiger partial charge < -0.3 is 9.47 Å². The minimum absolute atomic E-state index is 0.0547. The molecule has 3 unspecified atom stereocenters. The molecule has 4 aromatic heterocycles. The molecule has 3 saturated carbocycles. The predicted molar refractivity (Wildman–Crippen MR) is 131 cm³/mol. The van der Waals surface area contributed by atoms with E-state index in [1.807, 2.05) is 24.8 Å². The van der Waals surface area contributed by atoms with E-state index in [1.165, 1.54) is 25.3 Å². The molecular weight excluding hydrogens is 441 g/mol. The van der Waals surface area contributed by atoms with Crippen molar-refractivity contribution in [3.05, 3.63) is 53.1 Å². The van der Waals surface area contributed by atoms with Gasteiger partial charge in [0.1, 0.15) is 22.7 Å². The Bertz CT molecular complexity index is 1560. The molecule has 0 radical (unpaired) electrons. The molecule has 1 aliphatic heterocycles. The van der Waals surface area contributed by atoms with Crippen molar-refractivity contribution in [3.63, 3.8) is 0 Å². The van der Waals surface area contributed by atoms with Gasteiger partial charge in [0.25, 0.3) is 5.91 Å². The normalized spacial score (nSPS) is 26.8. The quantitative estimate of drug-likeness (QED) is 0.423. The zero-order valence-electron chi connectivity index (χ0n) is 20.0. The molecular formula is C28H28FN5O. The van der Waals surface area contributed by atoms with Crippen LogP contribution in [0.2, 0.25) is 0 Å². The van der Waals surface area contributed by atoms with Crippen LogP contribution in [0.25, 0.3) is 27.9 Å². The Morgan fingerprint density at radius 2 is 2.00 bits per heavy atom. The summed E-state index contributed by atoms with van der Waals surface area (Å²) in [6.45, 7) is 5.65. The summed E-state index contributed by atoms with van der Waals surface area (Å²) in [5.74, 6) is 2.38. The third-order valence-corrected chi connectivity index (χ3v) is 9.20. The van der Waals surface area contributed by atoms with Crippen LogP contribution >= 0.6 is 0 Å². The van der Waals surface area contributed by atoms with E-state index in [-0.39, 0.29) is 11.7 Å². The van der Waals surface area contributed by atoms with Gasteiger partial charge in [-0.3, -0.25) is 4.79 Å². The molecule has 0 aromatic carbocycles. The fourth-order valence-electron chi connectivity index (χ4n) is 7.16. The Balaban J connectivity index is 1.23. The predicted octanol–water partition coefficient (Wildman–Crippen LogP) is 5.00. The van der Waals surface area contributed by atoms with Gasteiger partial charge in [-0.05, 0) is 87.5 Å². The van der Waals surface area contributed by atoms with Crippen LogP contribution in [-0.2, 0) is 6.54 Å². The first-order chi connectivity index (χ1) is 17.0. The molecule has 178 valence electrons. The largest absolute Gasteiger partial charge is 0.335 e. The third kappa shape index (κ3) is 2.72. The molecule has 4 fully saturated rings. The van der Waals surface area contributed by atoms with Crippen molar-refractivity contribution in [2.75, 3.05) is 6.54 Å². The molecule has 5 heterocycles. The Kier molecular flexibility index (Phi) is 3.84. The Morgan fingerprint density at radius 1 is 1.14 bits per heavy atom. The van der Waals surface area contributed by atoms with Gasteiger partial charge in [0.15, 0.2) is 0 Å². The molecule has 4 aromatic rings. The number of hydrogen-bond donors (Lipinski definition) is 0. The molecule has 35 heavy (non-hydrogen) atoms. The fraction of sp³-hybridized carbons (Fsp3) is 0.464. The van der Waals surface area contributed by atoms with Crippen LogP contribution in [0.5, 0.6) is 0 Å². The first kappa shape index (κ1) is 20.0. The molecule has 1 amide bonds. The SMILES string of the molecule is Cc1ccc2cc(-c3nn4cc(C(=O)N5CC6CC7CC5[C@H]76)cc(F)c4c3C)n(CC3CC3)c2n1. The lowest BCUT2D eigenvalue weighted by Gasteiger charge is -2.52. The van der Waals surface area contributed by atoms with Crippen molar-refractivity contribution >= 4 is 22.5 Å². The van der Waals surface area contributed by atoms with E-state index in [0.29, 0.717) is 34.9 Å². The van der Waals surface area contributed by atoms with Gasteiger partial charge in [-0.1, -0.05) is 0 Å². The lowest BCUT2D eigenvalue weighted by Crippen LogP contribution is -2.53. The van der Waals surface area contributed by atoms with E-state index >= 15 is 4.39 Å². The number of halogens is 1. The number of aryl methyl sites for hydroxylation is 2. The van der Waals surface area contributed by atoms with Gasteiger partial charge in [-0.25, -0.2) is 13.9 Å². The molecule has 0 N–H and O–H groups in total. The van der Waals surface area contributed by atoms with Crippen molar-refractivity contribution in [1.29, 1.82) is 0 Å². The van der Waals surface area contributed by atoms with Crippen molar-refractivity contribution in [2.45, 2.75) is 52.1 Å². The number of aromatic nitrogens is 4. The standard InChI is InChI=1S/C28H28FN5O/c1-14-3-6-17-9-23(32(27(17)30-14)11-16-4-5-16)25-15(2)26-21(29)8-20(13-34(26)31-25)28(35)33-12-19-7-18-10-22(33)24(18)19/h3,6,8-9,13,16,18-19,22,24H,4-5,7,10-12H2,1-2H3/t18?,19?,22?,24-/m1/s1. The molecule has 4 atom stereocenters. The van der Waals surface area contributed by atoms with Crippen molar-refractivity contribution in [2.24, 2.45) is 23.7 Å². The van der Waals surface area contributed by atoms with Crippen molar-refractivity contribution < 1.29 is 9.18 Å². The molecule has 7 heteroatoms. The number of rotatable bonds is 4. The maximum absolute atomic E-state index is 15.5. The first-order valence-corrected chi connectivity index (χ1v) is 12.9. The summed E-state index contributed by atoms with van der Waals surface area (Å²) < 4.78 is 19.3. The summed E-state index contributed by atoms with van der Waals surface area (Å²) in [4.78, 5) is 20.2. The third-order valence-electron chi connectivity index (χ3n) is 9.20. The van der Waals surface area contributed by atoms with Gasteiger partial charge in [0, 0.05) is 42.0 Å². The maximum atomic E-state index is 15.5. The molecule has 0 bridgehead atoms. The number of nitrogens with zero attached hydrogens (tertiary/aromatic N) is 5. The minimum Gasteiger partial charge on any atom is -0.335 e. The number of likely N-dealkylation sites (tertiary alicyclic amines) is 1. The van der Waals surface area contributed by atoms with Crippen LogP contribution in [0.4, 0.5) is 4.39 Å². The van der Waals surface area contributed by atoms with Crippen molar-refractivity contribution in [1.82, 2.24) is 24.1 Å². The maximum Gasteiger partial charge on any atom is 0.255 e. The van der Waals surface area contributed by atoms with Gasteiger partial charge in [-0.2, -0.15) is 5.10 Å². The first-order valence-electron chi connectivity index (χ1n) is 12.9. The van der Waals surface area contributed by atoms with Crippen molar-refractivity contribution in [3.8, 4) is 11.4 Å².